The van der Waals surface area contributed by atoms with Gasteiger partial charge in [0.05, 0.1) is 6.04 Å². The summed E-state index contributed by atoms with van der Waals surface area (Å²) >= 11 is 5.57. The maximum atomic E-state index is 11.6. The molecule has 102 valence electrons. The number of ether oxygens (including phenoxy) is 1. The normalized spacial score (nSPS) is 13.2. The van der Waals surface area contributed by atoms with Gasteiger partial charge in [0.2, 0.25) is 5.89 Å². The van der Waals surface area contributed by atoms with Crippen LogP contribution in [0.2, 0.25) is 0 Å². The molecule has 0 aliphatic rings. The molecular weight excluding hydrogens is 258 g/mol. The number of nitrogens with zero attached hydrogens (tertiary/aromatic N) is 2. The second-order valence-electron chi connectivity index (χ2n) is 4.79. The van der Waals surface area contributed by atoms with Crippen LogP contribution in [-0.4, -0.2) is 21.8 Å². The van der Waals surface area contributed by atoms with E-state index < -0.39 is 11.7 Å². The third kappa shape index (κ3) is 4.52. The highest BCUT2D eigenvalue weighted by Gasteiger charge is 2.22. The molecule has 0 aromatic carbocycles. The van der Waals surface area contributed by atoms with Gasteiger partial charge < -0.3 is 14.6 Å². The monoisotopic (exact) mass is 275 g/mol. The Kier molecular flexibility index (Phi) is 4.95. The van der Waals surface area contributed by atoms with E-state index >= 15 is 0 Å². The van der Waals surface area contributed by atoms with Crippen molar-refractivity contribution in [1.29, 1.82) is 0 Å². The van der Waals surface area contributed by atoms with E-state index in [1.807, 2.05) is 6.92 Å². The van der Waals surface area contributed by atoms with Gasteiger partial charge in [-0.2, -0.15) is 4.98 Å². The fourth-order valence-corrected chi connectivity index (χ4v) is 1.37. The summed E-state index contributed by atoms with van der Waals surface area (Å²) in [6, 6.07) is -0.347. The summed E-state index contributed by atoms with van der Waals surface area (Å²) in [4.78, 5) is 15.7. The van der Waals surface area contributed by atoms with Crippen molar-refractivity contribution in [3.8, 4) is 0 Å². The standard InChI is InChI=1S/C11H18ClN3O3/c1-5-7(9-14-8(6-12)18-15-9)13-10(16)17-11(2,3)4/h7H,5-6H2,1-4H3,(H,13,16). The second-order valence-corrected chi connectivity index (χ2v) is 5.05. The third-order valence-electron chi connectivity index (χ3n) is 2.01. The molecule has 6 nitrogen and oxygen atoms in total. The van der Waals surface area contributed by atoms with Gasteiger partial charge in [-0.05, 0) is 27.2 Å². The first-order chi connectivity index (χ1) is 8.35. The Labute approximate surface area is 111 Å². The lowest BCUT2D eigenvalue weighted by Gasteiger charge is -2.21. The molecule has 1 aromatic heterocycles. The van der Waals surface area contributed by atoms with Gasteiger partial charge in [-0.25, -0.2) is 4.79 Å². The Morgan fingerprint density at radius 1 is 1.56 bits per heavy atom. The summed E-state index contributed by atoms with van der Waals surface area (Å²) in [5.74, 6) is 0.880. The summed E-state index contributed by atoms with van der Waals surface area (Å²) in [6.07, 6.45) is 0.118. The molecule has 0 radical (unpaired) electrons. The molecule has 0 spiro atoms. The molecule has 1 atom stereocenters. The second kappa shape index (κ2) is 6.04. The summed E-state index contributed by atoms with van der Waals surface area (Å²) < 4.78 is 10.1. The number of carbonyl (C=O) groups excluding carboxylic acids is 1. The van der Waals surface area contributed by atoms with Crippen LogP contribution in [0.3, 0.4) is 0 Å². The number of aromatic nitrogens is 2. The predicted octanol–water partition coefficient (Wildman–Crippen LogP) is 2.78. The highest BCUT2D eigenvalue weighted by molar-refractivity contribution is 6.16. The molecule has 0 saturated heterocycles. The van der Waals surface area contributed by atoms with E-state index in [-0.39, 0.29) is 11.9 Å². The van der Waals surface area contributed by atoms with Crippen LogP contribution in [0.5, 0.6) is 0 Å². The Hall–Kier alpha value is -1.30. The number of alkyl halides is 1. The van der Waals surface area contributed by atoms with Crippen molar-refractivity contribution >= 4 is 17.7 Å². The minimum absolute atomic E-state index is 0.149. The first kappa shape index (κ1) is 14.8. The number of hydrogen-bond donors (Lipinski definition) is 1. The van der Waals surface area contributed by atoms with Gasteiger partial charge in [0, 0.05) is 0 Å². The van der Waals surface area contributed by atoms with E-state index in [1.165, 1.54) is 0 Å². The lowest BCUT2D eigenvalue weighted by Crippen LogP contribution is -2.35. The maximum Gasteiger partial charge on any atom is 0.408 e. The molecule has 7 heteroatoms. The van der Waals surface area contributed by atoms with Crippen LogP contribution in [-0.2, 0) is 10.6 Å². The van der Waals surface area contributed by atoms with Gasteiger partial charge in [0.25, 0.3) is 0 Å². The number of rotatable bonds is 4. The van der Waals surface area contributed by atoms with E-state index in [4.69, 9.17) is 20.9 Å². The van der Waals surface area contributed by atoms with E-state index in [0.29, 0.717) is 18.1 Å². The number of amides is 1. The molecular formula is C11H18ClN3O3. The Morgan fingerprint density at radius 3 is 2.67 bits per heavy atom. The summed E-state index contributed by atoms with van der Waals surface area (Å²) in [7, 11) is 0. The molecule has 1 aromatic rings. The fraction of sp³-hybridized carbons (Fsp3) is 0.727. The van der Waals surface area contributed by atoms with Crippen molar-refractivity contribution in [3.63, 3.8) is 0 Å². The highest BCUT2D eigenvalue weighted by atomic mass is 35.5. The zero-order chi connectivity index (χ0) is 13.8. The fourth-order valence-electron chi connectivity index (χ4n) is 1.26. The van der Waals surface area contributed by atoms with Crippen molar-refractivity contribution in [2.24, 2.45) is 0 Å². The first-order valence-electron chi connectivity index (χ1n) is 5.73. The van der Waals surface area contributed by atoms with Crippen molar-refractivity contribution in [3.05, 3.63) is 11.7 Å². The molecule has 1 amide bonds. The van der Waals surface area contributed by atoms with Crippen molar-refractivity contribution < 1.29 is 14.1 Å². The molecule has 1 N–H and O–H groups in total. The van der Waals surface area contributed by atoms with Gasteiger partial charge in [0.15, 0.2) is 5.82 Å². The van der Waals surface area contributed by atoms with Crippen LogP contribution in [0.4, 0.5) is 4.79 Å². The minimum Gasteiger partial charge on any atom is -0.444 e. The molecule has 1 heterocycles. The minimum atomic E-state index is -0.541. The molecule has 0 aliphatic heterocycles. The summed E-state index contributed by atoms with van der Waals surface area (Å²) in [5.41, 5.74) is -0.541. The lowest BCUT2D eigenvalue weighted by molar-refractivity contribution is 0.0499. The average molecular weight is 276 g/mol. The van der Waals surface area contributed by atoms with Gasteiger partial charge in [0.1, 0.15) is 11.5 Å². The van der Waals surface area contributed by atoms with Crippen LogP contribution in [0, 0.1) is 0 Å². The van der Waals surface area contributed by atoms with E-state index in [9.17, 15) is 4.79 Å². The Balaban J connectivity index is 2.64. The highest BCUT2D eigenvalue weighted by Crippen LogP contribution is 2.15. The summed E-state index contributed by atoms with van der Waals surface area (Å²) in [5, 5.41) is 6.45. The van der Waals surface area contributed by atoms with Crippen LogP contribution >= 0.6 is 11.6 Å². The van der Waals surface area contributed by atoms with Gasteiger partial charge >= 0.3 is 6.09 Å². The van der Waals surface area contributed by atoms with Crippen LogP contribution < -0.4 is 5.32 Å². The SMILES string of the molecule is CCC(NC(=O)OC(C)(C)C)c1noc(CCl)n1. The third-order valence-corrected chi connectivity index (χ3v) is 2.24. The quantitative estimate of drug-likeness (QED) is 0.855. The van der Waals surface area contributed by atoms with Crippen LogP contribution in [0.1, 0.15) is 51.9 Å². The van der Waals surface area contributed by atoms with Crippen molar-refractivity contribution in [2.45, 2.75) is 51.6 Å². The first-order valence-corrected chi connectivity index (χ1v) is 6.27. The zero-order valence-corrected chi connectivity index (χ0v) is 11.7. The number of nitrogens with one attached hydrogen (secondary N) is 1. The van der Waals surface area contributed by atoms with Gasteiger partial charge in [-0.1, -0.05) is 12.1 Å². The van der Waals surface area contributed by atoms with E-state index in [1.54, 1.807) is 20.8 Å². The predicted molar refractivity (Wildman–Crippen MR) is 66.3 cm³/mol. The molecule has 0 aliphatic carbocycles. The van der Waals surface area contributed by atoms with Crippen LogP contribution in [0.15, 0.2) is 4.52 Å². The smallest absolute Gasteiger partial charge is 0.408 e. The molecule has 0 fully saturated rings. The number of hydrogen-bond acceptors (Lipinski definition) is 5. The Bertz CT molecular complexity index is 400. The zero-order valence-electron chi connectivity index (χ0n) is 11.0. The Morgan fingerprint density at radius 2 is 2.22 bits per heavy atom. The molecule has 0 saturated carbocycles. The molecule has 0 bridgehead atoms. The van der Waals surface area contributed by atoms with E-state index in [2.05, 4.69) is 15.5 Å². The maximum absolute atomic E-state index is 11.6. The average Bonchev–Trinajstić information content (AvgIpc) is 2.71. The van der Waals surface area contributed by atoms with Crippen molar-refractivity contribution in [1.82, 2.24) is 15.5 Å². The van der Waals surface area contributed by atoms with Gasteiger partial charge in [-0.15, -0.1) is 11.6 Å². The molecule has 1 unspecified atom stereocenters. The van der Waals surface area contributed by atoms with E-state index in [0.717, 1.165) is 0 Å². The number of alkyl carbamates (subject to hydrolysis) is 1. The van der Waals surface area contributed by atoms with Crippen molar-refractivity contribution in [2.75, 3.05) is 0 Å². The van der Waals surface area contributed by atoms with Gasteiger partial charge in [-0.3, -0.25) is 0 Å². The summed E-state index contributed by atoms with van der Waals surface area (Å²) in [6.45, 7) is 7.30. The number of carbonyl (C=O) groups is 1. The molecule has 18 heavy (non-hydrogen) atoms. The lowest BCUT2D eigenvalue weighted by atomic mass is 10.2. The largest absolute Gasteiger partial charge is 0.444 e. The van der Waals surface area contributed by atoms with Crippen LogP contribution in [0.25, 0.3) is 0 Å². The molecule has 1 rings (SSSR count). The number of halogens is 1. The topological polar surface area (TPSA) is 77.2 Å².